The van der Waals surface area contributed by atoms with Crippen molar-refractivity contribution in [1.29, 1.82) is 0 Å². The van der Waals surface area contributed by atoms with Gasteiger partial charge >= 0.3 is 0 Å². The van der Waals surface area contributed by atoms with Gasteiger partial charge in [-0.05, 0) is 29.7 Å². The number of rotatable bonds is 8. The van der Waals surface area contributed by atoms with Gasteiger partial charge in [0.2, 0.25) is 0 Å². The number of quaternary nitrogens is 1. The molecule has 1 aliphatic heterocycles. The van der Waals surface area contributed by atoms with Crippen LogP contribution in [-0.2, 0) is 6.54 Å². The van der Waals surface area contributed by atoms with E-state index in [1.807, 2.05) is 30.3 Å². The average Bonchev–Trinajstić information content (AvgIpc) is 2.78. The van der Waals surface area contributed by atoms with Gasteiger partial charge in [-0.15, -0.1) is 0 Å². The zero-order valence-electron chi connectivity index (χ0n) is 19.7. The Morgan fingerprint density at radius 2 is 1.36 bits per heavy atom. The lowest BCUT2D eigenvalue weighted by molar-refractivity contribution is -0.954. The largest absolute Gasteiger partial charge is 1.00 e. The van der Waals surface area contributed by atoms with Crippen molar-refractivity contribution >= 4 is 0 Å². The molecule has 1 N–H and O–H groups in total. The zero-order valence-corrected chi connectivity index (χ0v) is 20.5. The van der Waals surface area contributed by atoms with Gasteiger partial charge < -0.3 is 26.7 Å². The third-order valence-electron chi connectivity index (χ3n) is 6.57. The molecule has 0 aliphatic carbocycles. The van der Waals surface area contributed by atoms with Crippen LogP contribution in [0.4, 0.5) is 0 Å². The molecule has 0 saturated carbocycles. The minimum Gasteiger partial charge on any atom is -1.00 e. The number of aliphatic hydroxyl groups is 1. The molecular formula is C29H36ClNO2. The molecule has 1 fully saturated rings. The monoisotopic (exact) mass is 465 g/mol. The molecule has 33 heavy (non-hydrogen) atoms. The van der Waals surface area contributed by atoms with E-state index in [4.69, 9.17) is 4.74 Å². The van der Waals surface area contributed by atoms with Crippen LogP contribution in [0.15, 0.2) is 84.9 Å². The van der Waals surface area contributed by atoms with Crippen LogP contribution >= 0.6 is 0 Å². The lowest BCUT2D eigenvalue weighted by Gasteiger charge is -2.47. The summed E-state index contributed by atoms with van der Waals surface area (Å²) in [5.74, 6) is 2.14. The molecule has 176 valence electrons. The molecule has 0 amide bonds. The Balaban J connectivity index is 0.00000306. The number of hydrogen-bond donors (Lipinski definition) is 1. The average molecular weight is 466 g/mol. The highest BCUT2D eigenvalue weighted by atomic mass is 35.5. The predicted molar refractivity (Wildman–Crippen MR) is 131 cm³/mol. The van der Waals surface area contributed by atoms with Crippen LogP contribution in [0.3, 0.4) is 0 Å². The van der Waals surface area contributed by atoms with E-state index >= 15 is 0 Å². The van der Waals surface area contributed by atoms with E-state index in [9.17, 15) is 5.11 Å². The summed E-state index contributed by atoms with van der Waals surface area (Å²) in [5.41, 5.74) is 3.71. The number of nitrogens with zero attached hydrogens (tertiary/aromatic N) is 1. The van der Waals surface area contributed by atoms with Crippen LogP contribution in [0.2, 0.25) is 0 Å². The van der Waals surface area contributed by atoms with Gasteiger partial charge in [-0.3, -0.25) is 0 Å². The molecular weight excluding hydrogens is 430 g/mol. The number of hydrogen-bond acceptors (Lipinski definition) is 2. The third-order valence-corrected chi connectivity index (χ3v) is 6.57. The molecule has 3 aromatic carbocycles. The molecule has 3 nitrogen and oxygen atoms in total. The highest BCUT2D eigenvalue weighted by Crippen LogP contribution is 2.30. The van der Waals surface area contributed by atoms with E-state index in [0.717, 1.165) is 36.4 Å². The molecule has 1 aliphatic rings. The lowest BCUT2D eigenvalue weighted by atomic mass is 9.88. The summed E-state index contributed by atoms with van der Waals surface area (Å²) in [7, 11) is 0. The highest BCUT2D eigenvalue weighted by molar-refractivity contribution is 5.63. The Bertz CT molecular complexity index is 952. The first-order chi connectivity index (χ1) is 15.5. The Labute approximate surface area is 205 Å². The number of piperidine rings is 1. The second kappa shape index (κ2) is 11.7. The summed E-state index contributed by atoms with van der Waals surface area (Å²) >= 11 is 0. The van der Waals surface area contributed by atoms with Crippen molar-refractivity contribution in [1.82, 2.24) is 0 Å². The van der Waals surface area contributed by atoms with Gasteiger partial charge in [0.15, 0.2) is 0 Å². The van der Waals surface area contributed by atoms with Gasteiger partial charge in [0.05, 0.1) is 13.1 Å². The fourth-order valence-electron chi connectivity index (χ4n) is 5.61. The van der Waals surface area contributed by atoms with Crippen LogP contribution in [-0.4, -0.2) is 41.9 Å². The molecule has 1 saturated heterocycles. The van der Waals surface area contributed by atoms with Gasteiger partial charge in [-0.25, -0.2) is 0 Å². The predicted octanol–water partition coefficient (Wildman–Crippen LogP) is 2.79. The summed E-state index contributed by atoms with van der Waals surface area (Å²) in [6, 6.07) is 29.2. The summed E-state index contributed by atoms with van der Waals surface area (Å²) in [4.78, 5) is 0. The minimum atomic E-state index is -0.495. The number of halogens is 1. The topological polar surface area (TPSA) is 29.5 Å². The van der Waals surface area contributed by atoms with Gasteiger partial charge in [0, 0.05) is 17.4 Å². The Morgan fingerprint density at radius 3 is 1.97 bits per heavy atom. The van der Waals surface area contributed by atoms with E-state index in [2.05, 4.69) is 68.4 Å². The summed E-state index contributed by atoms with van der Waals surface area (Å²) in [5, 5.41) is 11.0. The molecule has 0 radical (unpaired) electrons. The van der Waals surface area contributed by atoms with E-state index in [1.165, 1.54) is 23.1 Å². The molecule has 0 bridgehead atoms. The standard InChI is InChI=1S/C29H36NO2.ClH/c1-23-17-24(2)19-30(18-23,20-25-9-5-3-6-10-25)21-28(31)22-32-29-15-13-27(14-16-29)26-11-7-4-8-12-26;/h3-16,23-24,28,31H,17-22H2,1-2H3;1H/q+1;/p-1. The normalized spacial score (nSPS) is 23.4. The molecule has 1 heterocycles. The molecule has 0 aromatic heterocycles. The quantitative estimate of drug-likeness (QED) is 0.518. The maximum atomic E-state index is 11.0. The van der Waals surface area contributed by atoms with Crippen molar-refractivity contribution in [3.8, 4) is 16.9 Å². The first-order valence-electron chi connectivity index (χ1n) is 11.9. The second-order valence-corrected chi connectivity index (χ2v) is 9.83. The van der Waals surface area contributed by atoms with Gasteiger partial charge in [-0.1, -0.05) is 86.6 Å². The maximum Gasteiger partial charge on any atom is 0.137 e. The molecule has 3 atom stereocenters. The van der Waals surface area contributed by atoms with Crippen LogP contribution in [0.25, 0.3) is 11.1 Å². The van der Waals surface area contributed by atoms with Crippen molar-refractivity contribution in [2.75, 3.05) is 26.2 Å². The first kappa shape index (κ1) is 25.3. The fourth-order valence-corrected chi connectivity index (χ4v) is 5.61. The summed E-state index contributed by atoms with van der Waals surface area (Å²) < 4.78 is 6.92. The minimum absolute atomic E-state index is 0. The van der Waals surface area contributed by atoms with Gasteiger partial charge in [0.1, 0.15) is 31.5 Å². The lowest BCUT2D eigenvalue weighted by Crippen LogP contribution is -3.00. The van der Waals surface area contributed by atoms with Crippen LogP contribution in [0.5, 0.6) is 5.75 Å². The van der Waals surface area contributed by atoms with E-state index in [0.29, 0.717) is 18.4 Å². The molecule has 3 unspecified atom stereocenters. The van der Waals surface area contributed by atoms with Crippen molar-refractivity contribution in [3.05, 3.63) is 90.5 Å². The first-order valence-corrected chi connectivity index (χ1v) is 11.9. The number of likely N-dealkylation sites (tertiary alicyclic amines) is 1. The third kappa shape index (κ3) is 7.07. The molecule has 4 heteroatoms. The smallest absolute Gasteiger partial charge is 0.137 e. The van der Waals surface area contributed by atoms with Crippen molar-refractivity contribution in [2.45, 2.75) is 32.9 Å². The van der Waals surface area contributed by atoms with Crippen molar-refractivity contribution in [3.63, 3.8) is 0 Å². The van der Waals surface area contributed by atoms with Crippen LogP contribution in [0, 0.1) is 11.8 Å². The Morgan fingerprint density at radius 1 is 0.818 bits per heavy atom. The Hall–Kier alpha value is -2.33. The number of benzene rings is 3. The second-order valence-electron chi connectivity index (χ2n) is 9.83. The van der Waals surface area contributed by atoms with E-state index in [-0.39, 0.29) is 12.4 Å². The van der Waals surface area contributed by atoms with E-state index in [1.54, 1.807) is 0 Å². The van der Waals surface area contributed by atoms with Crippen LogP contribution < -0.4 is 17.1 Å². The van der Waals surface area contributed by atoms with Crippen molar-refractivity contribution in [2.24, 2.45) is 11.8 Å². The molecule has 0 spiro atoms. The number of aliphatic hydroxyl groups excluding tert-OH is 1. The molecule has 3 aromatic rings. The van der Waals surface area contributed by atoms with Crippen molar-refractivity contribution < 1.29 is 26.7 Å². The molecule has 4 rings (SSSR count). The van der Waals surface area contributed by atoms with E-state index < -0.39 is 6.10 Å². The Kier molecular flexibility index (Phi) is 8.96. The summed E-state index contributed by atoms with van der Waals surface area (Å²) in [6.45, 7) is 8.95. The summed E-state index contributed by atoms with van der Waals surface area (Å²) in [6.07, 6.45) is 0.778. The van der Waals surface area contributed by atoms with Crippen LogP contribution in [0.1, 0.15) is 25.8 Å². The highest BCUT2D eigenvalue weighted by Gasteiger charge is 2.38. The fraction of sp³-hybridized carbons (Fsp3) is 0.379. The maximum absolute atomic E-state index is 11.0. The van der Waals surface area contributed by atoms with Gasteiger partial charge in [-0.2, -0.15) is 0 Å². The number of ether oxygens (including phenoxy) is 1. The SMILES string of the molecule is CC1CC(C)C[N+](Cc2ccccc2)(CC(O)COc2ccc(-c3ccccc3)cc2)C1.[Cl-]. The van der Waals surface area contributed by atoms with Gasteiger partial charge in [0.25, 0.3) is 0 Å². The zero-order chi connectivity index (χ0) is 22.4.